The topological polar surface area (TPSA) is 84.0 Å². The van der Waals surface area contributed by atoms with Crippen molar-refractivity contribution in [3.05, 3.63) is 41.2 Å². The molecule has 2 rings (SSSR count). The zero-order valence-electron chi connectivity index (χ0n) is 13.3. The molecule has 0 aliphatic carbocycles. The molecule has 0 radical (unpaired) electrons. The molecule has 0 bridgehead atoms. The molecular formula is C16H17ClN4O2S. The molecule has 2 N–H and O–H groups in total. The van der Waals surface area contributed by atoms with Crippen LogP contribution in [0.5, 0.6) is 0 Å². The molecule has 0 saturated carbocycles. The first kappa shape index (κ1) is 18.2. The van der Waals surface area contributed by atoms with Gasteiger partial charge in [-0.05, 0) is 30.7 Å². The first-order valence-corrected chi connectivity index (χ1v) is 8.70. The lowest BCUT2D eigenvalue weighted by Gasteiger charge is -2.08. The van der Waals surface area contributed by atoms with Gasteiger partial charge in [-0.15, -0.1) is 0 Å². The average Bonchev–Trinajstić information content (AvgIpc) is 2.55. The van der Waals surface area contributed by atoms with E-state index in [-0.39, 0.29) is 16.6 Å². The molecule has 0 aliphatic heterocycles. The van der Waals surface area contributed by atoms with E-state index in [0.717, 1.165) is 12.2 Å². The van der Waals surface area contributed by atoms with Crippen molar-refractivity contribution in [2.75, 3.05) is 16.4 Å². The number of hydrogen-bond donors (Lipinski definition) is 2. The van der Waals surface area contributed by atoms with Crippen LogP contribution in [0.4, 0.5) is 11.4 Å². The summed E-state index contributed by atoms with van der Waals surface area (Å²) >= 11 is 7.50. The predicted octanol–water partition coefficient (Wildman–Crippen LogP) is 3.84. The summed E-state index contributed by atoms with van der Waals surface area (Å²) in [6.07, 6.45) is 2.42. The third kappa shape index (κ3) is 5.21. The van der Waals surface area contributed by atoms with Gasteiger partial charge in [-0.3, -0.25) is 9.59 Å². The van der Waals surface area contributed by atoms with Gasteiger partial charge >= 0.3 is 0 Å². The predicted molar refractivity (Wildman–Crippen MR) is 96.8 cm³/mol. The number of thioether (sulfide) groups is 1. The van der Waals surface area contributed by atoms with Crippen LogP contribution in [0.15, 0.2) is 35.6 Å². The summed E-state index contributed by atoms with van der Waals surface area (Å²) in [6, 6.07) is 6.76. The van der Waals surface area contributed by atoms with Crippen LogP contribution in [0.25, 0.3) is 0 Å². The summed E-state index contributed by atoms with van der Waals surface area (Å²) < 4.78 is 0. The minimum atomic E-state index is -0.409. The monoisotopic (exact) mass is 364 g/mol. The van der Waals surface area contributed by atoms with Crippen molar-refractivity contribution < 1.29 is 9.59 Å². The SMILES string of the molecule is CCCSc1ncc(Cl)c(C(=O)Nc2ccc(NC(C)=O)cc2)n1. The Hall–Kier alpha value is -2.12. The van der Waals surface area contributed by atoms with Crippen LogP contribution >= 0.6 is 23.4 Å². The highest BCUT2D eigenvalue weighted by Crippen LogP contribution is 2.20. The van der Waals surface area contributed by atoms with E-state index < -0.39 is 5.91 Å². The van der Waals surface area contributed by atoms with E-state index in [9.17, 15) is 9.59 Å². The molecule has 0 unspecified atom stereocenters. The zero-order valence-corrected chi connectivity index (χ0v) is 14.9. The lowest BCUT2D eigenvalue weighted by atomic mass is 10.2. The molecule has 1 aromatic heterocycles. The van der Waals surface area contributed by atoms with Crippen LogP contribution in [-0.4, -0.2) is 27.5 Å². The third-order valence-electron chi connectivity index (χ3n) is 2.84. The Bertz CT molecular complexity index is 737. The highest BCUT2D eigenvalue weighted by atomic mass is 35.5. The number of benzene rings is 1. The highest BCUT2D eigenvalue weighted by molar-refractivity contribution is 7.99. The molecule has 6 nitrogen and oxygen atoms in total. The number of nitrogens with zero attached hydrogens (tertiary/aromatic N) is 2. The standard InChI is InChI=1S/C16H17ClN4O2S/c1-3-8-24-16-18-9-13(17)14(21-16)15(23)20-12-6-4-11(5-7-12)19-10(2)22/h4-7,9H,3,8H2,1-2H3,(H,19,22)(H,20,23). The number of hydrogen-bond acceptors (Lipinski definition) is 5. The van der Waals surface area contributed by atoms with Crippen molar-refractivity contribution in [3.8, 4) is 0 Å². The Labute approximate surface area is 149 Å². The van der Waals surface area contributed by atoms with Gasteiger partial charge in [0.1, 0.15) is 0 Å². The smallest absolute Gasteiger partial charge is 0.275 e. The quantitative estimate of drug-likeness (QED) is 0.601. The molecule has 1 heterocycles. The van der Waals surface area contributed by atoms with E-state index in [2.05, 4.69) is 27.5 Å². The van der Waals surface area contributed by atoms with Gasteiger partial charge in [0.2, 0.25) is 5.91 Å². The zero-order chi connectivity index (χ0) is 17.5. The second-order valence-electron chi connectivity index (χ2n) is 4.91. The second-order valence-corrected chi connectivity index (χ2v) is 6.38. The third-order valence-corrected chi connectivity index (χ3v) is 4.18. The van der Waals surface area contributed by atoms with E-state index >= 15 is 0 Å². The number of rotatable bonds is 6. The van der Waals surface area contributed by atoms with E-state index in [1.54, 1.807) is 24.3 Å². The van der Waals surface area contributed by atoms with Gasteiger partial charge in [-0.2, -0.15) is 0 Å². The Kier molecular flexibility index (Phi) is 6.57. The minimum absolute atomic E-state index is 0.135. The Balaban J connectivity index is 2.10. The molecule has 1 aromatic carbocycles. The maximum Gasteiger partial charge on any atom is 0.275 e. The molecule has 2 aromatic rings. The molecule has 126 valence electrons. The van der Waals surface area contributed by atoms with E-state index in [0.29, 0.717) is 16.5 Å². The maximum atomic E-state index is 12.4. The van der Waals surface area contributed by atoms with Crippen LogP contribution in [0.2, 0.25) is 5.02 Å². The van der Waals surface area contributed by atoms with Gasteiger partial charge in [0.15, 0.2) is 10.9 Å². The molecular weight excluding hydrogens is 348 g/mol. The fraction of sp³-hybridized carbons (Fsp3) is 0.250. The minimum Gasteiger partial charge on any atom is -0.326 e. The molecule has 0 spiro atoms. The second kappa shape index (κ2) is 8.65. The van der Waals surface area contributed by atoms with Gasteiger partial charge in [-0.25, -0.2) is 9.97 Å². The highest BCUT2D eigenvalue weighted by Gasteiger charge is 2.14. The molecule has 0 aliphatic rings. The molecule has 2 amide bonds. The van der Waals surface area contributed by atoms with Crippen LogP contribution < -0.4 is 10.6 Å². The van der Waals surface area contributed by atoms with Crippen molar-refractivity contribution in [2.45, 2.75) is 25.4 Å². The molecule has 0 fully saturated rings. The largest absolute Gasteiger partial charge is 0.326 e. The summed E-state index contributed by atoms with van der Waals surface area (Å²) in [7, 11) is 0. The van der Waals surface area contributed by atoms with E-state index in [1.165, 1.54) is 24.9 Å². The number of halogens is 1. The van der Waals surface area contributed by atoms with Crippen LogP contribution in [-0.2, 0) is 4.79 Å². The first-order valence-electron chi connectivity index (χ1n) is 7.34. The lowest BCUT2D eigenvalue weighted by Crippen LogP contribution is -2.15. The van der Waals surface area contributed by atoms with Gasteiger partial charge < -0.3 is 10.6 Å². The normalized spacial score (nSPS) is 10.3. The average molecular weight is 365 g/mol. The van der Waals surface area contributed by atoms with Crippen LogP contribution in [0, 0.1) is 0 Å². The fourth-order valence-electron chi connectivity index (χ4n) is 1.80. The number of carbonyl (C=O) groups excluding carboxylic acids is 2. The molecule has 8 heteroatoms. The van der Waals surface area contributed by atoms with Crippen molar-refractivity contribution in [2.24, 2.45) is 0 Å². The molecule has 0 atom stereocenters. The number of aromatic nitrogens is 2. The lowest BCUT2D eigenvalue weighted by molar-refractivity contribution is -0.114. The summed E-state index contributed by atoms with van der Waals surface area (Å²) in [6.45, 7) is 3.49. The summed E-state index contributed by atoms with van der Waals surface area (Å²) in [5, 5.41) is 6.10. The van der Waals surface area contributed by atoms with Crippen molar-refractivity contribution in [1.29, 1.82) is 0 Å². The van der Waals surface area contributed by atoms with E-state index in [4.69, 9.17) is 11.6 Å². The molecule has 0 saturated heterocycles. The van der Waals surface area contributed by atoms with Gasteiger partial charge in [0.25, 0.3) is 5.91 Å². The Morgan fingerprint density at radius 1 is 1.17 bits per heavy atom. The first-order chi connectivity index (χ1) is 11.5. The van der Waals surface area contributed by atoms with E-state index in [1.807, 2.05) is 0 Å². The van der Waals surface area contributed by atoms with Gasteiger partial charge in [0.05, 0.1) is 11.2 Å². The fourth-order valence-corrected chi connectivity index (χ4v) is 2.65. The van der Waals surface area contributed by atoms with Gasteiger partial charge in [0, 0.05) is 24.1 Å². The Morgan fingerprint density at radius 3 is 2.38 bits per heavy atom. The number of amides is 2. The summed E-state index contributed by atoms with van der Waals surface area (Å²) in [5.41, 5.74) is 1.36. The number of anilines is 2. The van der Waals surface area contributed by atoms with Gasteiger partial charge in [-0.1, -0.05) is 30.3 Å². The van der Waals surface area contributed by atoms with Crippen molar-refractivity contribution >= 4 is 46.6 Å². The Morgan fingerprint density at radius 2 is 1.79 bits per heavy atom. The van der Waals surface area contributed by atoms with Crippen LogP contribution in [0.3, 0.4) is 0 Å². The number of carbonyl (C=O) groups is 2. The number of nitrogens with one attached hydrogen (secondary N) is 2. The van der Waals surface area contributed by atoms with Crippen molar-refractivity contribution in [3.63, 3.8) is 0 Å². The summed E-state index contributed by atoms with van der Waals surface area (Å²) in [5.74, 6) is 0.303. The maximum absolute atomic E-state index is 12.4. The summed E-state index contributed by atoms with van der Waals surface area (Å²) in [4.78, 5) is 31.7. The molecule has 24 heavy (non-hydrogen) atoms. The van der Waals surface area contributed by atoms with Crippen molar-refractivity contribution in [1.82, 2.24) is 9.97 Å². The van der Waals surface area contributed by atoms with Crippen LogP contribution in [0.1, 0.15) is 30.8 Å².